The van der Waals surface area contributed by atoms with Gasteiger partial charge in [0.15, 0.2) is 6.10 Å². The van der Waals surface area contributed by atoms with Crippen LogP contribution in [0, 0.1) is 19.8 Å². The summed E-state index contributed by atoms with van der Waals surface area (Å²) in [4.78, 5) is 10.5. The Morgan fingerprint density at radius 2 is 1.90 bits per heavy atom. The lowest BCUT2D eigenvalue weighted by molar-refractivity contribution is -0.221. The average Bonchev–Trinajstić information content (AvgIpc) is 2.40. The third-order valence-corrected chi connectivity index (χ3v) is 3.67. The fourth-order valence-corrected chi connectivity index (χ4v) is 2.52. The molecule has 0 saturated carbocycles. The van der Waals surface area contributed by atoms with Gasteiger partial charge in [-0.1, -0.05) is 0 Å². The molecule has 1 aliphatic heterocycles. The number of alkyl halides is 3. The van der Waals surface area contributed by atoms with Crippen molar-refractivity contribution in [1.82, 2.24) is 9.97 Å². The van der Waals surface area contributed by atoms with Crippen LogP contribution in [0.1, 0.15) is 24.2 Å². The minimum Gasteiger partial charge on any atom is -0.383 e. The first kappa shape index (κ1) is 15.0. The van der Waals surface area contributed by atoms with Crippen LogP contribution in [0.15, 0.2) is 6.20 Å². The SMILES string of the molecule is Cc1cnc(C)c(N2CCC(C(O)C(F)(F)F)CC2)n1. The number of aliphatic hydroxyl groups excluding tert-OH is 1. The lowest BCUT2D eigenvalue weighted by atomic mass is 9.91. The molecule has 1 fully saturated rings. The molecule has 2 rings (SSSR count). The Bertz CT molecular complexity index is 470. The monoisotopic (exact) mass is 289 g/mol. The maximum absolute atomic E-state index is 12.5. The highest BCUT2D eigenvalue weighted by molar-refractivity contribution is 5.43. The summed E-state index contributed by atoms with van der Waals surface area (Å²) in [6.45, 7) is 4.57. The molecule has 20 heavy (non-hydrogen) atoms. The third kappa shape index (κ3) is 3.20. The van der Waals surface area contributed by atoms with E-state index in [-0.39, 0.29) is 0 Å². The molecule has 1 aromatic heterocycles. The van der Waals surface area contributed by atoms with E-state index in [0.29, 0.717) is 25.9 Å². The Morgan fingerprint density at radius 1 is 1.30 bits per heavy atom. The molecule has 0 radical (unpaired) electrons. The van der Waals surface area contributed by atoms with Crippen LogP contribution < -0.4 is 4.90 Å². The molecule has 1 aliphatic rings. The molecule has 1 saturated heterocycles. The van der Waals surface area contributed by atoms with E-state index in [0.717, 1.165) is 17.2 Å². The Balaban J connectivity index is 2.03. The highest BCUT2D eigenvalue weighted by Gasteiger charge is 2.44. The van der Waals surface area contributed by atoms with Crippen LogP contribution in [0.2, 0.25) is 0 Å². The van der Waals surface area contributed by atoms with Gasteiger partial charge in [-0.15, -0.1) is 0 Å². The molecule has 0 spiro atoms. The summed E-state index contributed by atoms with van der Waals surface area (Å²) in [7, 11) is 0. The van der Waals surface area contributed by atoms with Crippen LogP contribution in [0.3, 0.4) is 0 Å². The van der Waals surface area contributed by atoms with Gasteiger partial charge in [-0.3, -0.25) is 4.98 Å². The van der Waals surface area contributed by atoms with Crippen LogP contribution in [0.4, 0.5) is 19.0 Å². The molecule has 0 bridgehead atoms. The molecule has 1 unspecified atom stereocenters. The van der Waals surface area contributed by atoms with Gasteiger partial charge in [0.05, 0.1) is 11.4 Å². The van der Waals surface area contributed by atoms with Gasteiger partial charge in [0.1, 0.15) is 5.82 Å². The standard InChI is InChI=1S/C13H18F3N3O/c1-8-7-17-9(2)12(18-8)19-5-3-10(4-6-19)11(20)13(14,15)16/h7,10-11,20H,3-6H2,1-2H3. The van der Waals surface area contributed by atoms with Crippen molar-refractivity contribution in [2.75, 3.05) is 18.0 Å². The van der Waals surface area contributed by atoms with Crippen molar-refractivity contribution in [2.24, 2.45) is 5.92 Å². The van der Waals surface area contributed by atoms with Crippen molar-refractivity contribution in [2.45, 2.75) is 39.0 Å². The number of aryl methyl sites for hydroxylation is 2. The number of anilines is 1. The number of aromatic nitrogens is 2. The molecule has 2 heterocycles. The zero-order chi connectivity index (χ0) is 14.9. The molecular formula is C13H18F3N3O. The van der Waals surface area contributed by atoms with Gasteiger partial charge < -0.3 is 10.0 Å². The average molecular weight is 289 g/mol. The summed E-state index contributed by atoms with van der Waals surface area (Å²) < 4.78 is 37.5. The topological polar surface area (TPSA) is 49.2 Å². The minimum atomic E-state index is -4.54. The van der Waals surface area contributed by atoms with Crippen molar-refractivity contribution < 1.29 is 18.3 Å². The second-order valence-electron chi connectivity index (χ2n) is 5.23. The molecule has 1 atom stereocenters. The quantitative estimate of drug-likeness (QED) is 0.907. The number of piperidine rings is 1. The van der Waals surface area contributed by atoms with Gasteiger partial charge in [-0.25, -0.2) is 4.98 Å². The number of aliphatic hydroxyl groups is 1. The highest BCUT2D eigenvalue weighted by Crippen LogP contribution is 2.32. The summed E-state index contributed by atoms with van der Waals surface area (Å²) in [6.07, 6.45) is -4.49. The van der Waals surface area contributed by atoms with Crippen molar-refractivity contribution >= 4 is 5.82 Å². The van der Waals surface area contributed by atoms with E-state index < -0.39 is 18.2 Å². The van der Waals surface area contributed by atoms with E-state index in [1.54, 1.807) is 6.20 Å². The Labute approximate surface area is 115 Å². The van der Waals surface area contributed by atoms with Gasteiger partial charge in [-0.05, 0) is 32.6 Å². The Hall–Kier alpha value is -1.37. The van der Waals surface area contributed by atoms with Gasteiger partial charge >= 0.3 is 6.18 Å². The van der Waals surface area contributed by atoms with Crippen molar-refractivity contribution in [3.63, 3.8) is 0 Å². The van der Waals surface area contributed by atoms with E-state index in [4.69, 9.17) is 0 Å². The molecule has 0 aromatic carbocycles. The number of halogens is 3. The summed E-state index contributed by atoms with van der Waals surface area (Å²) in [5.74, 6) is -0.00530. The van der Waals surface area contributed by atoms with Crippen molar-refractivity contribution in [3.8, 4) is 0 Å². The fraction of sp³-hybridized carbons (Fsp3) is 0.692. The van der Waals surface area contributed by atoms with Crippen LogP contribution in [-0.4, -0.2) is 40.4 Å². The van der Waals surface area contributed by atoms with Gasteiger partial charge in [0.2, 0.25) is 0 Å². The zero-order valence-corrected chi connectivity index (χ0v) is 11.5. The van der Waals surface area contributed by atoms with Crippen LogP contribution >= 0.6 is 0 Å². The van der Waals surface area contributed by atoms with Crippen molar-refractivity contribution in [3.05, 3.63) is 17.6 Å². The number of rotatable bonds is 2. The second kappa shape index (κ2) is 5.55. The first-order valence-electron chi connectivity index (χ1n) is 6.59. The predicted octanol–water partition coefficient (Wildman–Crippen LogP) is 2.23. The van der Waals surface area contributed by atoms with Crippen LogP contribution in [-0.2, 0) is 0 Å². The van der Waals surface area contributed by atoms with E-state index in [9.17, 15) is 18.3 Å². The molecule has 0 amide bonds. The van der Waals surface area contributed by atoms with Crippen LogP contribution in [0.5, 0.6) is 0 Å². The zero-order valence-electron chi connectivity index (χ0n) is 11.5. The van der Waals surface area contributed by atoms with Gasteiger partial charge in [-0.2, -0.15) is 13.2 Å². The summed E-state index contributed by atoms with van der Waals surface area (Å²) >= 11 is 0. The van der Waals surface area contributed by atoms with E-state index in [1.807, 2.05) is 18.7 Å². The largest absolute Gasteiger partial charge is 0.414 e. The van der Waals surface area contributed by atoms with E-state index >= 15 is 0 Å². The first-order chi connectivity index (χ1) is 9.29. The molecule has 0 aliphatic carbocycles. The van der Waals surface area contributed by atoms with E-state index in [2.05, 4.69) is 9.97 Å². The third-order valence-electron chi connectivity index (χ3n) is 3.67. The fourth-order valence-electron chi connectivity index (χ4n) is 2.52. The second-order valence-corrected chi connectivity index (χ2v) is 5.23. The Morgan fingerprint density at radius 3 is 2.45 bits per heavy atom. The molecule has 4 nitrogen and oxygen atoms in total. The molecular weight excluding hydrogens is 271 g/mol. The number of nitrogens with zero attached hydrogens (tertiary/aromatic N) is 3. The summed E-state index contributed by atoms with van der Waals surface area (Å²) in [5, 5.41) is 9.29. The highest BCUT2D eigenvalue weighted by atomic mass is 19.4. The molecule has 112 valence electrons. The number of hydrogen-bond donors (Lipinski definition) is 1. The first-order valence-corrected chi connectivity index (χ1v) is 6.59. The lowest BCUT2D eigenvalue weighted by Crippen LogP contribution is -2.43. The van der Waals surface area contributed by atoms with Crippen LogP contribution in [0.25, 0.3) is 0 Å². The lowest BCUT2D eigenvalue weighted by Gasteiger charge is -2.35. The molecule has 7 heteroatoms. The van der Waals surface area contributed by atoms with E-state index in [1.165, 1.54) is 0 Å². The van der Waals surface area contributed by atoms with Gasteiger partial charge in [0, 0.05) is 19.3 Å². The molecule has 1 aromatic rings. The smallest absolute Gasteiger partial charge is 0.383 e. The minimum absolute atomic E-state index is 0.301. The maximum Gasteiger partial charge on any atom is 0.414 e. The summed E-state index contributed by atoms with van der Waals surface area (Å²) in [6, 6.07) is 0. The maximum atomic E-state index is 12.5. The normalized spacial score (nSPS) is 19.2. The van der Waals surface area contributed by atoms with Gasteiger partial charge in [0.25, 0.3) is 0 Å². The van der Waals surface area contributed by atoms with Crippen molar-refractivity contribution in [1.29, 1.82) is 0 Å². The number of hydrogen-bond acceptors (Lipinski definition) is 4. The predicted molar refractivity (Wildman–Crippen MR) is 68.5 cm³/mol. The molecule has 1 N–H and O–H groups in total. The Kier molecular flexibility index (Phi) is 4.17. The summed E-state index contributed by atoms with van der Waals surface area (Å²) in [5.41, 5.74) is 1.55.